The van der Waals surface area contributed by atoms with Crippen LogP contribution in [0.25, 0.3) is 0 Å². The van der Waals surface area contributed by atoms with E-state index in [0.29, 0.717) is 11.5 Å². The Hall–Kier alpha value is -2.06. The van der Waals surface area contributed by atoms with Crippen molar-refractivity contribution in [3.05, 3.63) is 36.4 Å². The average molecular weight is 282 g/mol. The van der Waals surface area contributed by atoms with Crippen LogP contribution in [0.15, 0.2) is 35.5 Å². The van der Waals surface area contributed by atoms with Gasteiger partial charge in [-0.15, -0.1) is 0 Å². The highest BCUT2D eigenvalue weighted by Crippen LogP contribution is 2.25. The molecule has 1 aromatic heterocycles. The number of sulfonamides is 1. The Labute approximate surface area is 110 Å². The fraction of sp³-hybridized carbons (Fsp3) is 0.182. The lowest BCUT2D eigenvalue weighted by molar-refractivity contribution is 0.402. The zero-order chi connectivity index (χ0) is 13.9. The van der Waals surface area contributed by atoms with Crippen molar-refractivity contribution in [2.45, 2.75) is 11.4 Å². The molecule has 102 valence electrons. The molecule has 2 rings (SSSR count). The number of ether oxygens (including phenoxy) is 1. The third-order valence-electron chi connectivity index (χ3n) is 2.46. The maximum absolute atomic E-state index is 12.2. The summed E-state index contributed by atoms with van der Waals surface area (Å²) in [6, 6.07) is 4.43. The average Bonchev–Trinajstić information content (AvgIpc) is 2.89. The van der Waals surface area contributed by atoms with Gasteiger partial charge in [-0.3, -0.25) is 0 Å². The molecule has 0 fully saturated rings. The van der Waals surface area contributed by atoms with Crippen LogP contribution in [0.2, 0.25) is 0 Å². The number of methoxy groups -OCH3 is 1. The lowest BCUT2D eigenvalue weighted by Crippen LogP contribution is -2.24. The van der Waals surface area contributed by atoms with E-state index in [1.165, 1.54) is 19.2 Å². The van der Waals surface area contributed by atoms with E-state index in [-0.39, 0.29) is 17.2 Å². The van der Waals surface area contributed by atoms with Crippen molar-refractivity contribution >= 4 is 15.7 Å². The van der Waals surface area contributed by atoms with Crippen molar-refractivity contribution < 1.29 is 13.2 Å². The van der Waals surface area contributed by atoms with E-state index in [9.17, 15) is 8.42 Å². The first-order chi connectivity index (χ1) is 9.03. The Kier molecular flexibility index (Phi) is 3.72. The number of hydrogen-bond donors (Lipinski definition) is 3. The summed E-state index contributed by atoms with van der Waals surface area (Å²) in [5.74, 6) is 0.757. The van der Waals surface area contributed by atoms with Crippen LogP contribution in [0.3, 0.4) is 0 Å². The fourth-order valence-corrected chi connectivity index (χ4v) is 2.73. The van der Waals surface area contributed by atoms with Gasteiger partial charge < -0.3 is 15.5 Å². The summed E-state index contributed by atoms with van der Waals surface area (Å²) in [6.45, 7) is 0.0628. The van der Waals surface area contributed by atoms with Gasteiger partial charge in [0.05, 0.1) is 13.7 Å². The van der Waals surface area contributed by atoms with Crippen molar-refractivity contribution in [2.75, 3.05) is 12.8 Å². The molecule has 1 heterocycles. The lowest BCUT2D eigenvalue weighted by Gasteiger charge is -2.10. The Morgan fingerprint density at radius 2 is 2.26 bits per heavy atom. The molecule has 0 spiro atoms. The van der Waals surface area contributed by atoms with Gasteiger partial charge in [0.2, 0.25) is 10.0 Å². The molecule has 0 unspecified atom stereocenters. The van der Waals surface area contributed by atoms with Crippen LogP contribution in [-0.2, 0) is 16.6 Å². The van der Waals surface area contributed by atoms with Gasteiger partial charge in [-0.2, -0.15) is 0 Å². The van der Waals surface area contributed by atoms with Crippen LogP contribution in [0.5, 0.6) is 5.75 Å². The molecule has 1 aromatic carbocycles. The molecule has 0 radical (unpaired) electrons. The minimum absolute atomic E-state index is 0.00144. The van der Waals surface area contributed by atoms with E-state index in [2.05, 4.69) is 14.7 Å². The van der Waals surface area contributed by atoms with E-state index in [0.717, 1.165) is 0 Å². The standard InChI is InChI=1S/C11H14N4O3S/c1-18-9-3-2-8(12)6-10(9)19(16,17)15-7-11-13-4-5-14-11/h2-6,15H,7,12H2,1H3,(H,13,14). The van der Waals surface area contributed by atoms with E-state index in [4.69, 9.17) is 10.5 Å². The molecule has 0 saturated carbocycles. The Balaban J connectivity index is 2.26. The third-order valence-corrected chi connectivity index (χ3v) is 3.88. The smallest absolute Gasteiger partial charge is 0.244 e. The monoisotopic (exact) mass is 282 g/mol. The summed E-state index contributed by atoms with van der Waals surface area (Å²) in [7, 11) is -2.32. The van der Waals surface area contributed by atoms with E-state index < -0.39 is 10.0 Å². The largest absolute Gasteiger partial charge is 0.495 e. The summed E-state index contributed by atoms with van der Waals surface area (Å²) < 4.78 is 31.8. The molecule has 0 aliphatic carbocycles. The molecule has 0 saturated heterocycles. The number of aromatic amines is 1. The van der Waals surface area contributed by atoms with E-state index >= 15 is 0 Å². The minimum Gasteiger partial charge on any atom is -0.495 e. The first-order valence-electron chi connectivity index (χ1n) is 5.44. The highest BCUT2D eigenvalue weighted by molar-refractivity contribution is 7.89. The molecule has 2 aromatic rings. The van der Waals surface area contributed by atoms with Crippen LogP contribution in [0.1, 0.15) is 5.82 Å². The van der Waals surface area contributed by atoms with Gasteiger partial charge in [0.1, 0.15) is 16.5 Å². The van der Waals surface area contributed by atoms with Crippen LogP contribution in [-0.4, -0.2) is 25.5 Å². The summed E-state index contributed by atoms with van der Waals surface area (Å²) in [6.07, 6.45) is 3.16. The van der Waals surface area contributed by atoms with Crippen LogP contribution in [0.4, 0.5) is 5.69 Å². The van der Waals surface area contributed by atoms with Gasteiger partial charge in [0.15, 0.2) is 0 Å². The molecule has 7 nitrogen and oxygen atoms in total. The zero-order valence-electron chi connectivity index (χ0n) is 10.3. The Morgan fingerprint density at radius 3 is 2.89 bits per heavy atom. The predicted octanol–water partition coefficient (Wildman–Crippen LogP) is 0.479. The number of H-pyrrole nitrogens is 1. The highest BCUT2D eigenvalue weighted by Gasteiger charge is 2.19. The lowest BCUT2D eigenvalue weighted by atomic mass is 10.3. The zero-order valence-corrected chi connectivity index (χ0v) is 11.1. The number of rotatable bonds is 5. The van der Waals surface area contributed by atoms with Gasteiger partial charge in [-0.05, 0) is 18.2 Å². The highest BCUT2D eigenvalue weighted by atomic mass is 32.2. The first kappa shape index (κ1) is 13.4. The minimum atomic E-state index is -3.72. The van der Waals surface area contributed by atoms with Crippen molar-refractivity contribution in [3.8, 4) is 5.75 Å². The summed E-state index contributed by atoms with van der Waals surface area (Å²) in [5.41, 5.74) is 5.95. The molecule has 4 N–H and O–H groups in total. The molecule has 19 heavy (non-hydrogen) atoms. The van der Waals surface area contributed by atoms with Gasteiger partial charge in [0.25, 0.3) is 0 Å². The summed E-state index contributed by atoms with van der Waals surface area (Å²) in [5, 5.41) is 0. The summed E-state index contributed by atoms with van der Waals surface area (Å²) in [4.78, 5) is 6.74. The molecule has 0 aliphatic rings. The Morgan fingerprint density at radius 1 is 1.47 bits per heavy atom. The molecular formula is C11H14N4O3S. The molecule has 8 heteroatoms. The van der Waals surface area contributed by atoms with E-state index in [1.54, 1.807) is 18.5 Å². The normalized spacial score (nSPS) is 11.4. The molecule has 0 atom stereocenters. The third kappa shape index (κ3) is 3.04. The second-order valence-corrected chi connectivity index (χ2v) is 5.51. The van der Waals surface area contributed by atoms with Gasteiger partial charge >= 0.3 is 0 Å². The number of nitrogens with one attached hydrogen (secondary N) is 2. The van der Waals surface area contributed by atoms with E-state index in [1.807, 2.05) is 0 Å². The Bertz CT molecular complexity index is 653. The SMILES string of the molecule is COc1ccc(N)cc1S(=O)(=O)NCc1ncc[nH]1. The fourth-order valence-electron chi connectivity index (χ4n) is 1.54. The van der Waals surface area contributed by atoms with Crippen molar-refractivity contribution in [1.82, 2.24) is 14.7 Å². The van der Waals surface area contributed by atoms with Crippen molar-refractivity contribution in [1.29, 1.82) is 0 Å². The number of nitrogens with zero attached hydrogens (tertiary/aromatic N) is 1. The van der Waals surface area contributed by atoms with Gasteiger partial charge in [-0.25, -0.2) is 18.1 Å². The number of hydrogen-bond acceptors (Lipinski definition) is 5. The van der Waals surface area contributed by atoms with Gasteiger partial charge in [-0.1, -0.05) is 0 Å². The molecule has 0 aliphatic heterocycles. The number of anilines is 1. The van der Waals surface area contributed by atoms with Crippen LogP contribution in [0, 0.1) is 0 Å². The number of nitrogens with two attached hydrogens (primary N) is 1. The second kappa shape index (κ2) is 5.29. The van der Waals surface area contributed by atoms with Crippen LogP contribution >= 0.6 is 0 Å². The second-order valence-electron chi connectivity index (χ2n) is 3.77. The quantitative estimate of drug-likeness (QED) is 0.691. The van der Waals surface area contributed by atoms with Crippen LogP contribution < -0.4 is 15.2 Å². The predicted molar refractivity (Wildman–Crippen MR) is 70.0 cm³/mol. The number of benzene rings is 1. The number of nitrogen functional groups attached to an aromatic ring is 1. The summed E-state index contributed by atoms with van der Waals surface area (Å²) >= 11 is 0. The maximum atomic E-state index is 12.2. The van der Waals surface area contributed by atoms with Crippen molar-refractivity contribution in [3.63, 3.8) is 0 Å². The van der Waals surface area contributed by atoms with Gasteiger partial charge in [0, 0.05) is 18.1 Å². The maximum Gasteiger partial charge on any atom is 0.244 e. The number of imidazole rings is 1. The molecular weight excluding hydrogens is 268 g/mol. The number of aromatic nitrogens is 2. The topological polar surface area (TPSA) is 110 Å². The van der Waals surface area contributed by atoms with Crippen molar-refractivity contribution in [2.24, 2.45) is 0 Å². The molecule has 0 amide bonds. The first-order valence-corrected chi connectivity index (χ1v) is 6.92. The molecule has 0 bridgehead atoms.